The molecule has 0 unspecified atom stereocenters. The van der Waals surface area contributed by atoms with Crippen LogP contribution in [0, 0.1) is 11.3 Å². The zero-order valence-electron chi connectivity index (χ0n) is 13.5. The summed E-state index contributed by atoms with van der Waals surface area (Å²) in [7, 11) is 0. The predicted octanol–water partition coefficient (Wildman–Crippen LogP) is 3.00. The lowest BCUT2D eigenvalue weighted by atomic mass is 10.2. The average molecular weight is 360 g/mol. The molecule has 0 bridgehead atoms. The first-order valence-corrected chi connectivity index (χ1v) is 7.45. The van der Waals surface area contributed by atoms with Gasteiger partial charge in [-0.3, -0.25) is 9.69 Å². The van der Waals surface area contributed by atoms with Crippen LogP contribution in [0.4, 0.5) is 14.5 Å². The standard InChI is InChI=1S/C18H14F2N2O4/c19-18(20)26-15-8-6-13(7-9-15)17(24)25-12-16(23)22(11-10-21)14-4-2-1-3-5-14/h1-9,18H,11-12H2. The van der Waals surface area contributed by atoms with Crippen LogP contribution in [0.3, 0.4) is 0 Å². The first kappa shape index (κ1) is 18.9. The molecule has 2 rings (SSSR count). The quantitative estimate of drug-likeness (QED) is 0.560. The van der Waals surface area contributed by atoms with Crippen molar-refractivity contribution in [1.29, 1.82) is 5.26 Å². The number of para-hydroxylation sites is 1. The third-order valence-corrected chi connectivity index (χ3v) is 3.24. The molecule has 0 aliphatic carbocycles. The topological polar surface area (TPSA) is 79.6 Å². The van der Waals surface area contributed by atoms with Crippen LogP contribution in [0.1, 0.15) is 10.4 Å². The molecule has 6 nitrogen and oxygen atoms in total. The minimum absolute atomic E-state index is 0.0750. The second-order valence-electron chi connectivity index (χ2n) is 4.95. The van der Waals surface area contributed by atoms with Gasteiger partial charge in [0.25, 0.3) is 5.91 Å². The molecule has 2 aromatic carbocycles. The van der Waals surface area contributed by atoms with Crippen molar-refractivity contribution in [3.05, 3.63) is 60.2 Å². The molecule has 0 aromatic heterocycles. The summed E-state index contributed by atoms with van der Waals surface area (Å²) >= 11 is 0. The van der Waals surface area contributed by atoms with Gasteiger partial charge >= 0.3 is 12.6 Å². The number of alkyl halides is 2. The van der Waals surface area contributed by atoms with E-state index in [0.29, 0.717) is 5.69 Å². The highest BCUT2D eigenvalue weighted by molar-refractivity contribution is 5.97. The molecule has 0 N–H and O–H groups in total. The third-order valence-electron chi connectivity index (χ3n) is 3.24. The molecule has 0 spiro atoms. The van der Waals surface area contributed by atoms with E-state index in [1.165, 1.54) is 29.2 Å². The van der Waals surface area contributed by atoms with Crippen molar-refractivity contribution in [3.8, 4) is 11.8 Å². The molecule has 0 saturated heterocycles. The SMILES string of the molecule is N#CCN(C(=O)COC(=O)c1ccc(OC(F)F)cc1)c1ccccc1. The summed E-state index contributed by atoms with van der Waals surface area (Å²) < 4.78 is 33.3. The number of amides is 1. The van der Waals surface area contributed by atoms with E-state index in [2.05, 4.69) is 4.74 Å². The van der Waals surface area contributed by atoms with E-state index in [-0.39, 0.29) is 17.9 Å². The van der Waals surface area contributed by atoms with Gasteiger partial charge in [-0.15, -0.1) is 0 Å². The highest BCUT2D eigenvalue weighted by Gasteiger charge is 2.18. The summed E-state index contributed by atoms with van der Waals surface area (Å²) in [6.45, 7) is -3.72. The van der Waals surface area contributed by atoms with Crippen molar-refractivity contribution < 1.29 is 27.8 Å². The van der Waals surface area contributed by atoms with Gasteiger partial charge in [0, 0.05) is 5.69 Å². The molecule has 8 heteroatoms. The highest BCUT2D eigenvalue weighted by atomic mass is 19.3. The van der Waals surface area contributed by atoms with Crippen molar-refractivity contribution in [2.24, 2.45) is 0 Å². The zero-order valence-corrected chi connectivity index (χ0v) is 13.5. The summed E-state index contributed by atoms with van der Waals surface area (Å²) in [6, 6.07) is 15.2. The smallest absolute Gasteiger partial charge is 0.387 e. The van der Waals surface area contributed by atoms with Crippen LogP contribution in [0.5, 0.6) is 5.75 Å². The normalized spacial score (nSPS) is 10.1. The van der Waals surface area contributed by atoms with E-state index >= 15 is 0 Å². The van der Waals surface area contributed by atoms with Gasteiger partial charge in [0.2, 0.25) is 0 Å². The van der Waals surface area contributed by atoms with Crippen LogP contribution >= 0.6 is 0 Å². The number of nitrogens with zero attached hydrogens (tertiary/aromatic N) is 2. The number of halogens is 2. The maximum absolute atomic E-state index is 12.2. The Hall–Kier alpha value is -3.47. The van der Waals surface area contributed by atoms with Crippen molar-refractivity contribution in [3.63, 3.8) is 0 Å². The first-order chi connectivity index (χ1) is 12.5. The number of hydrogen-bond donors (Lipinski definition) is 0. The molecule has 0 aliphatic rings. The van der Waals surface area contributed by atoms with Gasteiger partial charge in [0.1, 0.15) is 12.3 Å². The molecule has 0 heterocycles. The first-order valence-electron chi connectivity index (χ1n) is 7.45. The van der Waals surface area contributed by atoms with Crippen molar-refractivity contribution >= 4 is 17.6 Å². The Labute approximate surface area is 148 Å². The third kappa shape index (κ3) is 5.27. The van der Waals surface area contributed by atoms with Gasteiger partial charge in [0.15, 0.2) is 6.61 Å². The Morgan fingerprint density at radius 3 is 2.31 bits per heavy atom. The van der Waals surface area contributed by atoms with Crippen LogP contribution in [0.15, 0.2) is 54.6 Å². The summed E-state index contributed by atoms with van der Waals surface area (Å²) in [5, 5.41) is 8.87. The number of ether oxygens (including phenoxy) is 2. The molecule has 0 fully saturated rings. The molecular formula is C18H14F2N2O4. The van der Waals surface area contributed by atoms with Gasteiger partial charge in [-0.25, -0.2) is 4.79 Å². The number of rotatable bonds is 7. The summed E-state index contributed by atoms with van der Waals surface area (Å²) in [5.74, 6) is -1.47. The highest BCUT2D eigenvalue weighted by Crippen LogP contribution is 2.16. The zero-order chi connectivity index (χ0) is 18.9. The summed E-state index contributed by atoms with van der Waals surface area (Å²) in [5.41, 5.74) is 0.578. The van der Waals surface area contributed by atoms with Crippen LogP contribution < -0.4 is 9.64 Å². The summed E-state index contributed by atoms with van der Waals surface area (Å²) in [6.07, 6.45) is 0. The number of esters is 1. The van der Waals surface area contributed by atoms with Gasteiger partial charge in [-0.1, -0.05) is 18.2 Å². The van der Waals surface area contributed by atoms with Crippen LogP contribution in [0.2, 0.25) is 0 Å². The minimum Gasteiger partial charge on any atom is -0.452 e. The molecule has 2 aromatic rings. The van der Waals surface area contributed by atoms with Crippen molar-refractivity contribution in [2.45, 2.75) is 6.61 Å². The van der Waals surface area contributed by atoms with E-state index in [0.717, 1.165) is 0 Å². The Morgan fingerprint density at radius 1 is 1.08 bits per heavy atom. The lowest BCUT2D eigenvalue weighted by Gasteiger charge is -2.19. The van der Waals surface area contributed by atoms with E-state index in [4.69, 9.17) is 10.00 Å². The molecule has 0 atom stereocenters. The molecule has 0 radical (unpaired) electrons. The second-order valence-corrected chi connectivity index (χ2v) is 4.95. The maximum Gasteiger partial charge on any atom is 0.387 e. The fraction of sp³-hybridized carbons (Fsp3) is 0.167. The molecular weight excluding hydrogens is 346 g/mol. The monoisotopic (exact) mass is 360 g/mol. The second kappa shape index (κ2) is 9.13. The fourth-order valence-electron chi connectivity index (χ4n) is 2.06. The average Bonchev–Trinajstić information content (AvgIpc) is 2.64. The lowest BCUT2D eigenvalue weighted by molar-refractivity contribution is -0.121. The van der Waals surface area contributed by atoms with Crippen LogP contribution in [0.25, 0.3) is 0 Å². The largest absolute Gasteiger partial charge is 0.452 e. The Balaban J connectivity index is 1.97. The van der Waals surface area contributed by atoms with Crippen molar-refractivity contribution in [2.75, 3.05) is 18.1 Å². The lowest BCUT2D eigenvalue weighted by Crippen LogP contribution is -2.35. The maximum atomic E-state index is 12.2. The molecule has 1 amide bonds. The Kier molecular flexibility index (Phi) is 6.62. The van der Waals surface area contributed by atoms with Crippen LogP contribution in [-0.4, -0.2) is 31.6 Å². The van der Waals surface area contributed by atoms with E-state index in [1.54, 1.807) is 30.3 Å². The van der Waals surface area contributed by atoms with Gasteiger partial charge in [0.05, 0.1) is 11.6 Å². The number of anilines is 1. The van der Waals surface area contributed by atoms with E-state index in [9.17, 15) is 18.4 Å². The fourth-order valence-corrected chi connectivity index (χ4v) is 2.06. The summed E-state index contributed by atoms with van der Waals surface area (Å²) in [4.78, 5) is 25.4. The van der Waals surface area contributed by atoms with Gasteiger partial charge in [-0.05, 0) is 36.4 Å². The Bertz CT molecular complexity index is 789. The number of carbonyl (C=O) groups is 2. The molecule has 134 valence electrons. The number of carbonyl (C=O) groups excluding carboxylic acids is 2. The van der Waals surface area contributed by atoms with E-state index in [1.807, 2.05) is 6.07 Å². The number of hydrogen-bond acceptors (Lipinski definition) is 5. The van der Waals surface area contributed by atoms with Gasteiger partial charge in [-0.2, -0.15) is 14.0 Å². The number of nitriles is 1. The van der Waals surface area contributed by atoms with Crippen molar-refractivity contribution in [1.82, 2.24) is 0 Å². The predicted molar refractivity (Wildman–Crippen MR) is 87.8 cm³/mol. The van der Waals surface area contributed by atoms with E-state index < -0.39 is 25.1 Å². The Morgan fingerprint density at radius 2 is 1.73 bits per heavy atom. The molecule has 26 heavy (non-hydrogen) atoms. The molecule has 0 aliphatic heterocycles. The van der Waals surface area contributed by atoms with Crippen LogP contribution in [-0.2, 0) is 9.53 Å². The minimum atomic E-state index is -2.96. The van der Waals surface area contributed by atoms with Gasteiger partial charge < -0.3 is 9.47 Å². The molecule has 0 saturated carbocycles. The number of benzene rings is 2.